The van der Waals surface area contributed by atoms with Crippen LogP contribution in [0.15, 0.2) is 178 Å². The topological polar surface area (TPSA) is 49.9 Å². The Labute approximate surface area is 292 Å². The van der Waals surface area contributed by atoms with Crippen molar-refractivity contribution in [2.45, 2.75) is 6.17 Å². The molecule has 1 unspecified atom stereocenters. The number of amidine groups is 2. The second kappa shape index (κ2) is 11.7. The number of thiophene rings is 1. The molecule has 4 nitrogen and oxygen atoms in total. The standard InChI is InChI=1S/C45H29N3OS/c1-4-12-28(13-5-1)31-23-25-39-36(26-31)42-33(18-11-21-40(42)50-39)32-22-24-37-35(27-32)41-34(19-10-20-38(41)49-37)45-47-43(29-14-6-2-7-15-29)46-44(48-45)30-16-8-3-9-17-30/h1-27,43H,(H,46,47,48). The fraction of sp³-hybridized carbons (Fsp3) is 0.0222. The minimum atomic E-state index is -0.284. The van der Waals surface area contributed by atoms with E-state index in [1.807, 2.05) is 59.9 Å². The van der Waals surface area contributed by atoms with Crippen LogP contribution in [-0.4, -0.2) is 11.7 Å². The molecule has 1 atom stereocenters. The van der Waals surface area contributed by atoms with Crippen molar-refractivity contribution in [1.82, 2.24) is 5.32 Å². The van der Waals surface area contributed by atoms with Gasteiger partial charge in [0, 0.05) is 42.1 Å². The highest BCUT2D eigenvalue weighted by atomic mass is 32.1. The molecule has 1 N–H and O–H groups in total. The van der Waals surface area contributed by atoms with Crippen LogP contribution >= 0.6 is 11.3 Å². The summed E-state index contributed by atoms with van der Waals surface area (Å²) in [4.78, 5) is 10.2. The zero-order chi connectivity index (χ0) is 33.0. The normalized spacial score (nSPS) is 14.6. The van der Waals surface area contributed by atoms with E-state index in [1.54, 1.807) is 0 Å². The Bertz CT molecular complexity index is 2780. The number of nitrogens with zero attached hydrogens (tertiary/aromatic N) is 2. The van der Waals surface area contributed by atoms with Crippen molar-refractivity contribution in [3.05, 3.63) is 180 Å². The molecule has 50 heavy (non-hydrogen) atoms. The molecule has 0 radical (unpaired) electrons. The molecule has 1 aliphatic heterocycles. The first-order valence-corrected chi connectivity index (χ1v) is 17.6. The lowest BCUT2D eigenvalue weighted by molar-refractivity contribution is 0.668. The first-order chi connectivity index (χ1) is 24.8. The molecule has 7 aromatic carbocycles. The van der Waals surface area contributed by atoms with E-state index in [0.717, 1.165) is 50.0 Å². The zero-order valence-corrected chi connectivity index (χ0v) is 27.7. The average Bonchev–Trinajstić information content (AvgIpc) is 3.76. The molecule has 1 aliphatic rings. The second-order valence-corrected chi connectivity index (χ2v) is 13.7. The van der Waals surface area contributed by atoms with E-state index >= 15 is 0 Å². The number of furan rings is 1. The maximum absolute atomic E-state index is 6.49. The summed E-state index contributed by atoms with van der Waals surface area (Å²) in [5, 5.41) is 8.31. The Hall–Kier alpha value is -6.30. The van der Waals surface area contributed by atoms with Gasteiger partial charge in [0.25, 0.3) is 0 Å². The number of aliphatic imine (C=N–C) groups is 2. The van der Waals surface area contributed by atoms with Gasteiger partial charge in [0.2, 0.25) is 0 Å². The van der Waals surface area contributed by atoms with Crippen molar-refractivity contribution in [1.29, 1.82) is 0 Å². The molecule has 2 aromatic heterocycles. The molecule has 10 rings (SSSR count). The summed E-state index contributed by atoms with van der Waals surface area (Å²) in [7, 11) is 0. The number of fused-ring (bicyclic) bond motifs is 6. The predicted octanol–water partition coefficient (Wildman–Crippen LogP) is 11.8. The average molecular weight is 660 g/mol. The molecule has 0 fully saturated rings. The largest absolute Gasteiger partial charge is 0.456 e. The molecule has 3 heterocycles. The van der Waals surface area contributed by atoms with Crippen LogP contribution in [0.5, 0.6) is 0 Å². The van der Waals surface area contributed by atoms with Crippen LogP contribution < -0.4 is 5.32 Å². The Morgan fingerprint density at radius 2 is 1.20 bits per heavy atom. The van der Waals surface area contributed by atoms with Gasteiger partial charge in [0.15, 0.2) is 5.84 Å². The lowest BCUT2D eigenvalue weighted by Crippen LogP contribution is -2.33. The van der Waals surface area contributed by atoms with Crippen molar-refractivity contribution in [2.75, 3.05) is 0 Å². The highest BCUT2D eigenvalue weighted by Crippen LogP contribution is 2.43. The molecule has 0 aliphatic carbocycles. The van der Waals surface area contributed by atoms with Crippen molar-refractivity contribution < 1.29 is 4.42 Å². The summed E-state index contributed by atoms with van der Waals surface area (Å²) in [6, 6.07) is 57.4. The lowest BCUT2D eigenvalue weighted by atomic mass is 9.96. The third kappa shape index (κ3) is 4.82. The number of rotatable bonds is 5. The van der Waals surface area contributed by atoms with E-state index in [2.05, 4.69) is 121 Å². The minimum Gasteiger partial charge on any atom is -0.456 e. The monoisotopic (exact) mass is 659 g/mol. The van der Waals surface area contributed by atoms with Crippen LogP contribution in [0.3, 0.4) is 0 Å². The molecule has 0 bridgehead atoms. The molecule has 0 saturated carbocycles. The van der Waals surface area contributed by atoms with Gasteiger partial charge < -0.3 is 9.73 Å². The highest BCUT2D eigenvalue weighted by molar-refractivity contribution is 7.26. The summed E-state index contributed by atoms with van der Waals surface area (Å²) in [5.74, 6) is 1.47. The molecule has 0 spiro atoms. The molecule has 9 aromatic rings. The van der Waals surface area contributed by atoms with Gasteiger partial charge in [-0.25, -0.2) is 9.98 Å². The smallest absolute Gasteiger partial charge is 0.159 e. The lowest BCUT2D eigenvalue weighted by Gasteiger charge is -2.24. The highest BCUT2D eigenvalue weighted by Gasteiger charge is 2.24. The summed E-state index contributed by atoms with van der Waals surface area (Å²) in [5.41, 5.74) is 9.51. The predicted molar refractivity (Wildman–Crippen MR) is 209 cm³/mol. The van der Waals surface area contributed by atoms with Crippen LogP contribution in [0.1, 0.15) is 22.9 Å². The van der Waals surface area contributed by atoms with Gasteiger partial charge in [0.05, 0.1) is 0 Å². The van der Waals surface area contributed by atoms with Crippen LogP contribution in [0, 0.1) is 0 Å². The first kappa shape index (κ1) is 28.7. The maximum Gasteiger partial charge on any atom is 0.159 e. The van der Waals surface area contributed by atoms with Gasteiger partial charge in [-0.05, 0) is 64.2 Å². The fourth-order valence-corrected chi connectivity index (χ4v) is 8.29. The number of hydrogen-bond acceptors (Lipinski definition) is 5. The zero-order valence-electron chi connectivity index (χ0n) is 26.9. The number of nitrogens with one attached hydrogen (secondary N) is 1. The molecule has 0 saturated heterocycles. The first-order valence-electron chi connectivity index (χ1n) is 16.8. The van der Waals surface area contributed by atoms with Crippen molar-refractivity contribution in [3.63, 3.8) is 0 Å². The van der Waals surface area contributed by atoms with E-state index in [9.17, 15) is 0 Å². The van der Waals surface area contributed by atoms with Gasteiger partial charge in [-0.2, -0.15) is 0 Å². The van der Waals surface area contributed by atoms with Gasteiger partial charge >= 0.3 is 0 Å². The van der Waals surface area contributed by atoms with Gasteiger partial charge in [-0.3, -0.25) is 0 Å². The van der Waals surface area contributed by atoms with Crippen molar-refractivity contribution >= 4 is 65.1 Å². The van der Waals surface area contributed by atoms with Crippen LogP contribution in [0.4, 0.5) is 0 Å². The van der Waals surface area contributed by atoms with Gasteiger partial charge in [0.1, 0.15) is 23.2 Å². The van der Waals surface area contributed by atoms with Crippen molar-refractivity contribution in [2.24, 2.45) is 9.98 Å². The van der Waals surface area contributed by atoms with Crippen LogP contribution in [-0.2, 0) is 0 Å². The third-order valence-corrected chi connectivity index (χ3v) is 10.7. The molecule has 5 heteroatoms. The van der Waals surface area contributed by atoms with Gasteiger partial charge in [-0.15, -0.1) is 11.3 Å². The Morgan fingerprint density at radius 3 is 2.02 bits per heavy atom. The Balaban J connectivity index is 1.15. The number of hydrogen-bond donors (Lipinski definition) is 1. The Kier molecular flexibility index (Phi) is 6.71. The SMILES string of the molecule is c1ccc(C2=NC(c3ccccc3)NC(c3cccc4oc5ccc(-c6cccc7sc8ccc(-c9ccccc9)cc8c67)cc5c34)=N2)cc1. The summed E-state index contributed by atoms with van der Waals surface area (Å²) < 4.78 is 9.06. The summed E-state index contributed by atoms with van der Waals surface area (Å²) >= 11 is 1.85. The molecule has 236 valence electrons. The van der Waals surface area contributed by atoms with E-state index < -0.39 is 0 Å². The molecular weight excluding hydrogens is 631 g/mol. The Morgan fingerprint density at radius 1 is 0.500 bits per heavy atom. The van der Waals surface area contributed by atoms with Crippen LogP contribution in [0.25, 0.3) is 64.4 Å². The molecule has 0 amide bonds. The van der Waals surface area contributed by atoms with E-state index in [-0.39, 0.29) is 6.17 Å². The quantitative estimate of drug-likeness (QED) is 0.200. The summed E-state index contributed by atoms with van der Waals surface area (Å²) in [6.45, 7) is 0. The van der Waals surface area contributed by atoms with E-state index in [1.165, 1.54) is 36.9 Å². The maximum atomic E-state index is 6.49. The van der Waals surface area contributed by atoms with Crippen LogP contribution in [0.2, 0.25) is 0 Å². The van der Waals surface area contributed by atoms with E-state index in [0.29, 0.717) is 5.84 Å². The minimum absolute atomic E-state index is 0.284. The summed E-state index contributed by atoms with van der Waals surface area (Å²) in [6.07, 6.45) is -0.284. The van der Waals surface area contributed by atoms with E-state index in [4.69, 9.17) is 14.4 Å². The van der Waals surface area contributed by atoms with Crippen molar-refractivity contribution in [3.8, 4) is 22.3 Å². The third-order valence-electron chi connectivity index (χ3n) is 9.55. The number of benzene rings is 7. The second-order valence-electron chi connectivity index (χ2n) is 12.6. The fourth-order valence-electron chi connectivity index (χ4n) is 7.18. The van der Waals surface area contributed by atoms with Gasteiger partial charge in [-0.1, -0.05) is 127 Å². The molecular formula is C45H29N3OS.